The first-order valence-electron chi connectivity index (χ1n) is 9.01. The van der Waals surface area contributed by atoms with E-state index in [4.69, 9.17) is 4.74 Å². The van der Waals surface area contributed by atoms with Crippen molar-refractivity contribution in [2.24, 2.45) is 0 Å². The number of amides is 1. The second kappa shape index (κ2) is 7.19. The number of benzene rings is 2. The van der Waals surface area contributed by atoms with Crippen LogP contribution >= 0.6 is 0 Å². The molecule has 0 radical (unpaired) electrons. The number of nitrogens with one attached hydrogen (secondary N) is 1. The molecule has 28 heavy (non-hydrogen) atoms. The minimum Gasteiger partial charge on any atom is -0.477 e. The molecule has 0 fully saturated rings. The van der Waals surface area contributed by atoms with E-state index in [0.717, 1.165) is 22.3 Å². The number of hydrogen-bond acceptors (Lipinski definition) is 4. The lowest BCUT2D eigenvalue weighted by atomic mass is 9.98. The summed E-state index contributed by atoms with van der Waals surface area (Å²) in [6, 6.07) is 17.5. The summed E-state index contributed by atoms with van der Waals surface area (Å²) < 4.78 is 6.75. The Labute approximate surface area is 161 Å². The molecule has 2 aromatic carbocycles. The molecule has 0 saturated carbocycles. The average Bonchev–Trinajstić information content (AvgIpc) is 3.25. The maximum atomic E-state index is 12.2. The summed E-state index contributed by atoms with van der Waals surface area (Å²) in [4.78, 5) is 23.5. The third kappa shape index (κ3) is 3.11. The van der Waals surface area contributed by atoms with Gasteiger partial charge in [0.25, 0.3) is 0 Å². The average molecular weight is 377 g/mol. The van der Waals surface area contributed by atoms with Crippen molar-refractivity contribution in [3.63, 3.8) is 0 Å². The molecule has 0 aliphatic heterocycles. The van der Waals surface area contributed by atoms with Crippen molar-refractivity contribution < 1.29 is 19.4 Å². The number of anilines is 1. The third-order valence-electron chi connectivity index (χ3n) is 4.87. The second-order valence-corrected chi connectivity index (χ2v) is 6.49. The lowest BCUT2D eigenvalue weighted by Crippen LogP contribution is -2.18. The molecule has 1 aromatic heterocycles. The van der Waals surface area contributed by atoms with Crippen LogP contribution in [0.2, 0.25) is 0 Å². The minimum absolute atomic E-state index is 0.0106. The zero-order chi connectivity index (χ0) is 19.7. The highest BCUT2D eigenvalue weighted by atomic mass is 16.5. The summed E-state index contributed by atoms with van der Waals surface area (Å²) in [6.45, 7) is 2.34. The van der Waals surface area contributed by atoms with Gasteiger partial charge in [0, 0.05) is 18.5 Å². The maximum absolute atomic E-state index is 12.2. The molecule has 3 aromatic rings. The van der Waals surface area contributed by atoms with Crippen LogP contribution < -0.4 is 5.32 Å². The Bertz CT molecular complexity index is 1010. The predicted molar refractivity (Wildman–Crippen MR) is 104 cm³/mol. The van der Waals surface area contributed by atoms with Gasteiger partial charge < -0.3 is 9.84 Å². The Morgan fingerprint density at radius 3 is 2.25 bits per heavy atom. The minimum atomic E-state index is -1.10. The Balaban J connectivity index is 1.48. The van der Waals surface area contributed by atoms with E-state index in [9.17, 15) is 14.7 Å². The first-order chi connectivity index (χ1) is 13.6. The van der Waals surface area contributed by atoms with Crippen LogP contribution in [-0.4, -0.2) is 33.6 Å². The van der Waals surface area contributed by atoms with Crippen molar-refractivity contribution >= 4 is 17.9 Å². The number of aromatic carboxylic acids is 1. The van der Waals surface area contributed by atoms with Crippen LogP contribution in [-0.2, 0) is 11.3 Å². The highest BCUT2D eigenvalue weighted by Crippen LogP contribution is 2.44. The number of ether oxygens (including phenoxy) is 1. The molecule has 0 unspecified atom stereocenters. The molecule has 0 atom stereocenters. The normalized spacial score (nSPS) is 12.3. The van der Waals surface area contributed by atoms with Crippen molar-refractivity contribution in [3.05, 3.63) is 71.4 Å². The largest absolute Gasteiger partial charge is 0.477 e. The number of rotatable bonds is 5. The van der Waals surface area contributed by atoms with E-state index in [1.165, 1.54) is 10.7 Å². The molecule has 0 spiro atoms. The van der Waals surface area contributed by atoms with Gasteiger partial charge in [0.1, 0.15) is 12.3 Å². The molecule has 7 heteroatoms. The van der Waals surface area contributed by atoms with Gasteiger partial charge in [-0.15, -0.1) is 0 Å². The van der Waals surface area contributed by atoms with E-state index in [-0.39, 0.29) is 24.0 Å². The molecule has 1 aliphatic rings. The zero-order valence-electron chi connectivity index (χ0n) is 15.3. The summed E-state index contributed by atoms with van der Waals surface area (Å²) in [6.07, 6.45) is -0.667. The fourth-order valence-corrected chi connectivity index (χ4v) is 3.63. The summed E-state index contributed by atoms with van der Waals surface area (Å²) >= 11 is 0. The number of fused-ring (bicyclic) bond motifs is 3. The van der Waals surface area contributed by atoms with E-state index in [0.29, 0.717) is 6.54 Å². The topological polar surface area (TPSA) is 93.5 Å². The Morgan fingerprint density at radius 1 is 1.11 bits per heavy atom. The van der Waals surface area contributed by atoms with Crippen molar-refractivity contribution in [1.82, 2.24) is 9.78 Å². The summed E-state index contributed by atoms with van der Waals surface area (Å²) in [7, 11) is 0. The summed E-state index contributed by atoms with van der Waals surface area (Å²) in [5.74, 6) is -0.993. The molecule has 1 aliphatic carbocycles. The fraction of sp³-hybridized carbons (Fsp3) is 0.190. The zero-order valence-corrected chi connectivity index (χ0v) is 15.3. The number of carbonyl (C=O) groups excluding carboxylic acids is 1. The molecule has 1 amide bonds. The molecule has 0 bridgehead atoms. The van der Waals surface area contributed by atoms with Crippen LogP contribution in [0.1, 0.15) is 34.5 Å². The van der Waals surface area contributed by atoms with Gasteiger partial charge in [-0.25, -0.2) is 9.59 Å². The van der Waals surface area contributed by atoms with Gasteiger partial charge in [0.15, 0.2) is 5.82 Å². The van der Waals surface area contributed by atoms with Crippen LogP contribution in [0.15, 0.2) is 54.6 Å². The second-order valence-electron chi connectivity index (χ2n) is 6.49. The number of aromatic nitrogens is 2. The van der Waals surface area contributed by atoms with E-state index in [1.807, 2.05) is 36.4 Å². The fourth-order valence-electron chi connectivity index (χ4n) is 3.63. The molecule has 7 nitrogen and oxygen atoms in total. The standard InChI is InChI=1S/C21H19N3O4/c1-2-24-18(20(25)26)11-19(23-24)22-21(27)28-12-17-15-9-5-3-7-13(15)14-8-4-6-10-16(14)17/h3-11,17H,2,12H2,1H3,(H,25,26)(H,22,23,27). The van der Waals surface area contributed by atoms with E-state index >= 15 is 0 Å². The van der Waals surface area contributed by atoms with Crippen LogP contribution in [0.5, 0.6) is 0 Å². The van der Waals surface area contributed by atoms with Gasteiger partial charge in [-0.3, -0.25) is 10.00 Å². The predicted octanol–water partition coefficient (Wildman–Crippen LogP) is 3.96. The van der Waals surface area contributed by atoms with Gasteiger partial charge in [-0.05, 0) is 29.2 Å². The van der Waals surface area contributed by atoms with Gasteiger partial charge in [0.05, 0.1) is 0 Å². The molecule has 1 heterocycles. The van der Waals surface area contributed by atoms with Gasteiger partial charge in [-0.2, -0.15) is 5.10 Å². The lowest BCUT2D eigenvalue weighted by molar-refractivity contribution is 0.0683. The molecular weight excluding hydrogens is 358 g/mol. The molecule has 0 saturated heterocycles. The third-order valence-corrected chi connectivity index (χ3v) is 4.87. The first kappa shape index (κ1) is 17.8. The highest BCUT2D eigenvalue weighted by Gasteiger charge is 2.29. The Hall–Kier alpha value is -3.61. The van der Waals surface area contributed by atoms with Crippen molar-refractivity contribution in [2.75, 3.05) is 11.9 Å². The van der Waals surface area contributed by atoms with Crippen molar-refractivity contribution in [1.29, 1.82) is 0 Å². The smallest absolute Gasteiger partial charge is 0.412 e. The van der Waals surface area contributed by atoms with E-state index in [2.05, 4.69) is 22.5 Å². The van der Waals surface area contributed by atoms with Gasteiger partial charge in [0.2, 0.25) is 0 Å². The van der Waals surface area contributed by atoms with Crippen LogP contribution in [0.3, 0.4) is 0 Å². The van der Waals surface area contributed by atoms with E-state index < -0.39 is 12.1 Å². The molecule has 142 valence electrons. The van der Waals surface area contributed by atoms with E-state index in [1.54, 1.807) is 6.92 Å². The molecule has 2 N–H and O–H groups in total. The molecule has 4 rings (SSSR count). The number of aryl methyl sites for hydroxylation is 1. The lowest BCUT2D eigenvalue weighted by Gasteiger charge is -2.14. The van der Waals surface area contributed by atoms with Crippen LogP contribution in [0.25, 0.3) is 11.1 Å². The first-order valence-corrected chi connectivity index (χ1v) is 9.01. The van der Waals surface area contributed by atoms with Gasteiger partial charge in [-0.1, -0.05) is 48.5 Å². The van der Waals surface area contributed by atoms with Crippen molar-refractivity contribution in [2.45, 2.75) is 19.4 Å². The van der Waals surface area contributed by atoms with Crippen LogP contribution in [0, 0.1) is 0 Å². The number of carboxylic acids is 1. The highest BCUT2D eigenvalue weighted by molar-refractivity contribution is 5.89. The quantitative estimate of drug-likeness (QED) is 0.702. The SMILES string of the molecule is CCn1nc(NC(=O)OCC2c3ccccc3-c3ccccc32)cc1C(=O)O. The van der Waals surface area contributed by atoms with Gasteiger partial charge >= 0.3 is 12.1 Å². The van der Waals surface area contributed by atoms with Crippen LogP contribution in [0.4, 0.5) is 10.6 Å². The summed E-state index contributed by atoms with van der Waals surface area (Å²) in [5, 5.41) is 15.7. The maximum Gasteiger partial charge on any atom is 0.412 e. The van der Waals surface area contributed by atoms with Crippen molar-refractivity contribution in [3.8, 4) is 11.1 Å². The summed E-state index contributed by atoms with van der Waals surface area (Å²) in [5.41, 5.74) is 4.57. The molecular formula is C21H19N3O4. The Kier molecular flexibility index (Phi) is 4.57. The number of nitrogens with zero attached hydrogens (tertiary/aromatic N) is 2. The Morgan fingerprint density at radius 2 is 1.71 bits per heavy atom. The number of hydrogen-bond donors (Lipinski definition) is 2. The number of carboxylic acid groups (broad SMARTS) is 1. The number of carbonyl (C=O) groups is 2. The monoisotopic (exact) mass is 377 g/mol.